The van der Waals surface area contributed by atoms with Crippen LogP contribution in [0.4, 0.5) is 4.79 Å². The number of carbonyl (C=O) groups is 2. The van der Waals surface area contributed by atoms with Crippen molar-refractivity contribution in [2.45, 2.75) is 76.1 Å². The SMILES string of the molecule is CCOC(=O)C(C)OP(=O)(CCOc1ccc(C[C@H](NC(=O)O[C@H]2CO[C@H]3OCC[C@H]32)[C@H](O)CN(CC(C)C)S(=O)(=O)c2ccc(OC)cc2)cn1)Oc1ccccc1. The van der Waals surface area contributed by atoms with Gasteiger partial charge in [0.15, 0.2) is 12.4 Å². The van der Waals surface area contributed by atoms with Gasteiger partial charge in [0.25, 0.3) is 0 Å². The zero-order chi connectivity index (χ0) is 42.6. The first kappa shape index (κ1) is 45.8. The molecular weight excluding hydrogens is 809 g/mol. The van der Waals surface area contributed by atoms with Gasteiger partial charge in [0.2, 0.25) is 15.9 Å². The van der Waals surface area contributed by atoms with Crippen LogP contribution in [0, 0.1) is 11.8 Å². The van der Waals surface area contributed by atoms with Crippen molar-refractivity contribution in [1.82, 2.24) is 14.6 Å². The summed E-state index contributed by atoms with van der Waals surface area (Å²) in [6.07, 6.45) is -2.44. The fourth-order valence-corrected chi connectivity index (χ4v) is 9.69. The molecule has 0 radical (unpaired) electrons. The summed E-state index contributed by atoms with van der Waals surface area (Å²) in [5.74, 6) is 0.0164. The Morgan fingerprint density at radius 1 is 1.02 bits per heavy atom. The Hall–Kier alpha value is -4.29. The van der Waals surface area contributed by atoms with Gasteiger partial charge in [-0.2, -0.15) is 4.31 Å². The third kappa shape index (κ3) is 13.1. The van der Waals surface area contributed by atoms with Gasteiger partial charge in [-0.3, -0.25) is 4.52 Å². The van der Waals surface area contributed by atoms with Crippen LogP contribution in [0.1, 0.15) is 39.7 Å². The maximum atomic E-state index is 13.9. The van der Waals surface area contributed by atoms with Crippen LogP contribution in [0.3, 0.4) is 0 Å². The molecule has 0 aliphatic carbocycles. The van der Waals surface area contributed by atoms with Gasteiger partial charge in [-0.1, -0.05) is 38.1 Å². The number of esters is 1. The quantitative estimate of drug-likeness (QED) is 0.103. The highest BCUT2D eigenvalue weighted by Gasteiger charge is 2.44. The lowest BCUT2D eigenvalue weighted by Gasteiger charge is -2.31. The van der Waals surface area contributed by atoms with Crippen LogP contribution in [0.2, 0.25) is 0 Å². The summed E-state index contributed by atoms with van der Waals surface area (Å²) in [5, 5.41) is 14.5. The topological polar surface area (TPSA) is 208 Å². The number of hydrogen-bond acceptors (Lipinski definition) is 15. The van der Waals surface area contributed by atoms with Crippen LogP contribution < -0.4 is 19.3 Å². The summed E-state index contributed by atoms with van der Waals surface area (Å²) >= 11 is 0. The highest BCUT2D eigenvalue weighted by molar-refractivity contribution is 7.89. The Kier molecular flexibility index (Phi) is 16.5. The van der Waals surface area contributed by atoms with Crippen molar-refractivity contribution in [3.63, 3.8) is 0 Å². The highest BCUT2D eigenvalue weighted by atomic mass is 32.2. The molecular formula is C40H54N3O14PS. The molecule has 3 heterocycles. The molecule has 1 aromatic heterocycles. The minimum absolute atomic E-state index is 0.0208. The van der Waals surface area contributed by atoms with E-state index in [0.29, 0.717) is 24.3 Å². The number of nitrogens with zero attached hydrogens (tertiary/aromatic N) is 2. The van der Waals surface area contributed by atoms with Gasteiger partial charge >= 0.3 is 19.7 Å². The maximum Gasteiger partial charge on any atom is 0.407 e. The Labute approximate surface area is 345 Å². The van der Waals surface area contributed by atoms with Crippen molar-refractivity contribution < 1.29 is 65.1 Å². The summed E-state index contributed by atoms with van der Waals surface area (Å²) in [4.78, 5) is 30.0. The summed E-state index contributed by atoms with van der Waals surface area (Å²) < 4.78 is 87.0. The van der Waals surface area contributed by atoms with Crippen LogP contribution in [0.25, 0.3) is 0 Å². The number of rotatable bonds is 22. The number of para-hydroxylation sites is 1. The first-order valence-corrected chi connectivity index (χ1v) is 22.7. The molecule has 5 rings (SSSR count). The van der Waals surface area contributed by atoms with Crippen molar-refractivity contribution in [3.8, 4) is 17.4 Å². The Balaban J connectivity index is 1.29. The van der Waals surface area contributed by atoms with E-state index in [0.717, 1.165) is 0 Å². The van der Waals surface area contributed by atoms with Crippen molar-refractivity contribution in [2.24, 2.45) is 11.8 Å². The van der Waals surface area contributed by atoms with Crippen LogP contribution in [0.5, 0.6) is 17.4 Å². The average molecular weight is 864 g/mol. The molecule has 2 aliphatic heterocycles. The molecule has 19 heteroatoms. The van der Waals surface area contributed by atoms with Gasteiger partial charge in [0, 0.05) is 25.4 Å². The van der Waals surface area contributed by atoms with E-state index in [1.807, 2.05) is 13.8 Å². The number of methoxy groups -OCH3 is 1. The Morgan fingerprint density at radius 2 is 1.76 bits per heavy atom. The molecule has 1 amide bonds. The predicted molar refractivity (Wildman–Crippen MR) is 214 cm³/mol. The average Bonchev–Trinajstić information content (AvgIpc) is 3.83. The number of aliphatic hydroxyl groups is 1. The molecule has 2 aliphatic rings. The Bertz CT molecular complexity index is 1960. The number of hydrogen-bond donors (Lipinski definition) is 2. The molecule has 0 bridgehead atoms. The van der Waals surface area contributed by atoms with E-state index in [2.05, 4.69) is 10.3 Å². The molecule has 0 spiro atoms. The van der Waals surface area contributed by atoms with Gasteiger partial charge in [-0.15, -0.1) is 0 Å². The van der Waals surface area contributed by atoms with Gasteiger partial charge in [-0.25, -0.2) is 27.6 Å². The lowest BCUT2D eigenvalue weighted by Crippen LogP contribution is -2.51. The predicted octanol–water partition coefficient (Wildman–Crippen LogP) is 4.82. The smallest absolute Gasteiger partial charge is 0.407 e. The summed E-state index contributed by atoms with van der Waals surface area (Å²) in [6.45, 7) is 7.15. The molecule has 2 N–H and O–H groups in total. The minimum Gasteiger partial charge on any atom is -0.497 e. The second kappa shape index (κ2) is 21.3. The summed E-state index contributed by atoms with van der Waals surface area (Å²) in [7, 11) is -6.54. The van der Waals surface area contributed by atoms with E-state index in [-0.39, 0.29) is 73.9 Å². The lowest BCUT2D eigenvalue weighted by atomic mass is 10.0. The number of amides is 1. The fraction of sp³-hybridized carbons (Fsp3) is 0.525. The van der Waals surface area contributed by atoms with Crippen LogP contribution in [-0.4, -0.2) is 118 Å². The number of pyridine rings is 1. The number of alkyl carbamates (subject to hydrolysis) is 1. The second-order valence-corrected chi connectivity index (χ2v) is 18.5. The summed E-state index contributed by atoms with van der Waals surface area (Å²) in [6, 6.07) is 16.5. The number of ether oxygens (including phenoxy) is 6. The first-order chi connectivity index (χ1) is 28.2. The molecule has 3 aromatic rings. The molecule has 7 atom stereocenters. The zero-order valence-electron chi connectivity index (χ0n) is 33.8. The summed E-state index contributed by atoms with van der Waals surface area (Å²) in [5.41, 5.74) is 0.563. The number of benzene rings is 2. The number of aliphatic hydroxyl groups excluding tert-OH is 1. The number of nitrogens with one attached hydrogen (secondary N) is 1. The molecule has 59 heavy (non-hydrogen) atoms. The van der Waals surface area contributed by atoms with E-state index in [1.165, 1.54) is 36.7 Å². The van der Waals surface area contributed by atoms with Gasteiger partial charge in [0.1, 0.15) is 24.2 Å². The molecule has 2 aromatic carbocycles. The van der Waals surface area contributed by atoms with Crippen molar-refractivity contribution in [1.29, 1.82) is 0 Å². The molecule has 17 nitrogen and oxygen atoms in total. The third-order valence-corrected chi connectivity index (χ3v) is 13.2. The molecule has 324 valence electrons. The van der Waals surface area contributed by atoms with Gasteiger partial charge in [-0.05, 0) is 74.6 Å². The van der Waals surface area contributed by atoms with Crippen LogP contribution in [-0.2, 0) is 49.3 Å². The normalized spacial score (nSPS) is 20.2. The van der Waals surface area contributed by atoms with Crippen LogP contribution >= 0.6 is 7.60 Å². The number of fused-ring (bicyclic) bond motifs is 1. The lowest BCUT2D eigenvalue weighted by molar-refractivity contribution is -0.150. The molecule has 0 saturated carbocycles. The maximum absolute atomic E-state index is 13.9. The van der Waals surface area contributed by atoms with Crippen LogP contribution in [0.15, 0.2) is 77.8 Å². The molecule has 2 fully saturated rings. The second-order valence-electron chi connectivity index (χ2n) is 14.5. The van der Waals surface area contributed by atoms with Crippen molar-refractivity contribution in [3.05, 3.63) is 78.5 Å². The minimum atomic E-state index is -4.08. The monoisotopic (exact) mass is 863 g/mol. The number of carbonyl (C=O) groups excluding carboxylic acids is 2. The standard InChI is InChI=1S/C40H54N3O14PS/c1-6-51-38(45)28(4)56-58(47,57-31-10-8-7-9-11-31)21-20-52-37-17-12-29(23-41-37)22-34(42-40(46)55-36-26-54-39-33(36)18-19-53-39)35(44)25-43(24-27(2)3)59(48,49)32-15-13-30(50-5)14-16-32/h7-17,23,27-28,33-36,39,44H,6,18-22,24-26H2,1-5H3,(H,42,46)/t28?,33-,34-,35+,36-,39+,58?/m0/s1. The number of sulfonamides is 1. The van der Waals surface area contributed by atoms with Gasteiger partial charge < -0.3 is 43.4 Å². The van der Waals surface area contributed by atoms with E-state index < -0.39 is 60.3 Å². The Morgan fingerprint density at radius 3 is 2.42 bits per heavy atom. The van der Waals surface area contributed by atoms with Crippen molar-refractivity contribution in [2.75, 3.05) is 52.8 Å². The first-order valence-electron chi connectivity index (χ1n) is 19.5. The van der Waals surface area contributed by atoms with E-state index >= 15 is 0 Å². The zero-order valence-corrected chi connectivity index (χ0v) is 35.5. The fourth-order valence-electron chi connectivity index (χ4n) is 6.50. The van der Waals surface area contributed by atoms with E-state index in [9.17, 15) is 27.7 Å². The molecule has 2 unspecified atom stereocenters. The third-order valence-electron chi connectivity index (χ3n) is 9.46. The van der Waals surface area contributed by atoms with E-state index in [4.69, 9.17) is 37.5 Å². The van der Waals surface area contributed by atoms with Crippen molar-refractivity contribution >= 4 is 29.7 Å². The van der Waals surface area contributed by atoms with E-state index in [1.54, 1.807) is 61.5 Å². The largest absolute Gasteiger partial charge is 0.497 e. The van der Waals surface area contributed by atoms with Gasteiger partial charge in [0.05, 0.1) is 56.1 Å². The molecule has 2 saturated heterocycles. The number of aromatic nitrogens is 1. The highest BCUT2D eigenvalue weighted by Crippen LogP contribution is 2.49.